The number of halogens is 1. The van der Waals surface area contributed by atoms with Crippen molar-refractivity contribution in [1.82, 2.24) is 4.90 Å². The number of likely N-dealkylation sites (tertiary alicyclic amines) is 1. The SMILES string of the molecule is O=S(=O)(Cl)CC1CCCN1Cc1ccccc1. The molecule has 1 fully saturated rings. The van der Waals surface area contributed by atoms with Gasteiger partial charge in [0.1, 0.15) is 0 Å². The normalized spacial score (nSPS) is 21.8. The molecule has 0 saturated carbocycles. The minimum atomic E-state index is -3.40. The van der Waals surface area contributed by atoms with E-state index in [1.165, 1.54) is 5.56 Å². The van der Waals surface area contributed by atoms with E-state index in [0.717, 1.165) is 25.9 Å². The van der Waals surface area contributed by atoms with Gasteiger partial charge in [-0.2, -0.15) is 0 Å². The van der Waals surface area contributed by atoms with Crippen molar-refractivity contribution in [2.75, 3.05) is 12.3 Å². The molecule has 2 rings (SSSR count). The second-order valence-corrected chi connectivity index (χ2v) is 7.28. The first kappa shape index (κ1) is 12.9. The molecule has 0 spiro atoms. The van der Waals surface area contributed by atoms with Crippen LogP contribution in [0.2, 0.25) is 0 Å². The number of nitrogens with zero attached hydrogens (tertiary/aromatic N) is 1. The molecule has 0 radical (unpaired) electrons. The molecule has 17 heavy (non-hydrogen) atoms. The lowest BCUT2D eigenvalue weighted by atomic mass is 10.2. The fourth-order valence-electron chi connectivity index (χ4n) is 2.34. The summed E-state index contributed by atoms with van der Waals surface area (Å²) in [6.45, 7) is 1.75. The van der Waals surface area contributed by atoms with Gasteiger partial charge in [-0.1, -0.05) is 30.3 Å². The molecule has 1 heterocycles. The third kappa shape index (κ3) is 3.98. The van der Waals surface area contributed by atoms with E-state index in [1.807, 2.05) is 18.2 Å². The van der Waals surface area contributed by atoms with Crippen LogP contribution < -0.4 is 0 Å². The summed E-state index contributed by atoms with van der Waals surface area (Å²) in [5, 5.41) is 0. The molecule has 0 aliphatic carbocycles. The van der Waals surface area contributed by atoms with E-state index in [-0.39, 0.29) is 11.8 Å². The molecule has 1 saturated heterocycles. The van der Waals surface area contributed by atoms with Gasteiger partial charge in [0.25, 0.3) is 0 Å². The average Bonchev–Trinajstić information content (AvgIpc) is 2.65. The van der Waals surface area contributed by atoms with Gasteiger partial charge in [0.15, 0.2) is 0 Å². The van der Waals surface area contributed by atoms with E-state index in [1.54, 1.807) is 0 Å². The topological polar surface area (TPSA) is 37.4 Å². The van der Waals surface area contributed by atoms with Crippen LogP contribution in [0.4, 0.5) is 0 Å². The maximum absolute atomic E-state index is 11.1. The summed E-state index contributed by atoms with van der Waals surface area (Å²) in [5.41, 5.74) is 1.21. The zero-order chi connectivity index (χ0) is 12.3. The van der Waals surface area contributed by atoms with E-state index >= 15 is 0 Å². The Morgan fingerprint density at radius 2 is 2.00 bits per heavy atom. The number of benzene rings is 1. The van der Waals surface area contributed by atoms with Crippen LogP contribution in [-0.2, 0) is 15.6 Å². The molecule has 1 aromatic carbocycles. The first-order valence-corrected chi connectivity index (χ1v) is 8.23. The first-order chi connectivity index (χ1) is 8.04. The molecular weight excluding hydrogens is 258 g/mol. The Morgan fingerprint density at radius 1 is 1.29 bits per heavy atom. The largest absolute Gasteiger partial charge is 0.295 e. The minimum absolute atomic E-state index is 0.0569. The lowest BCUT2D eigenvalue weighted by Crippen LogP contribution is -2.33. The van der Waals surface area contributed by atoms with Crippen LogP contribution in [-0.4, -0.2) is 31.7 Å². The molecule has 1 unspecified atom stereocenters. The highest BCUT2D eigenvalue weighted by atomic mass is 35.7. The Labute approximate surface area is 107 Å². The molecule has 1 aliphatic heterocycles. The predicted octanol–water partition coefficient (Wildman–Crippen LogP) is 2.22. The second-order valence-electron chi connectivity index (χ2n) is 4.46. The standard InChI is InChI=1S/C12H16ClNO2S/c13-17(15,16)10-12-7-4-8-14(12)9-11-5-2-1-3-6-11/h1-3,5-6,12H,4,7-10H2. The minimum Gasteiger partial charge on any atom is -0.295 e. The third-order valence-corrected chi connectivity index (χ3v) is 4.28. The van der Waals surface area contributed by atoms with Gasteiger partial charge < -0.3 is 0 Å². The Balaban J connectivity index is 2.01. The van der Waals surface area contributed by atoms with Crippen molar-refractivity contribution in [2.45, 2.75) is 25.4 Å². The maximum Gasteiger partial charge on any atom is 0.234 e. The summed E-state index contributed by atoms with van der Waals surface area (Å²) >= 11 is 0. The van der Waals surface area contributed by atoms with Crippen LogP contribution in [0.3, 0.4) is 0 Å². The molecular formula is C12H16ClNO2S. The van der Waals surface area contributed by atoms with Crippen LogP contribution in [0.25, 0.3) is 0 Å². The molecule has 94 valence electrons. The van der Waals surface area contributed by atoms with Gasteiger partial charge >= 0.3 is 0 Å². The van der Waals surface area contributed by atoms with Gasteiger partial charge in [-0.25, -0.2) is 8.42 Å². The van der Waals surface area contributed by atoms with Gasteiger partial charge in [-0.3, -0.25) is 4.90 Å². The summed E-state index contributed by atoms with van der Waals surface area (Å²) in [6.07, 6.45) is 1.96. The first-order valence-electron chi connectivity index (χ1n) is 5.75. The fraction of sp³-hybridized carbons (Fsp3) is 0.500. The Hall–Kier alpha value is -0.580. The molecule has 5 heteroatoms. The van der Waals surface area contributed by atoms with E-state index < -0.39 is 9.05 Å². The fourth-order valence-corrected chi connectivity index (χ4v) is 3.61. The van der Waals surface area contributed by atoms with Crippen molar-refractivity contribution in [3.05, 3.63) is 35.9 Å². The third-order valence-electron chi connectivity index (χ3n) is 3.12. The monoisotopic (exact) mass is 273 g/mol. The molecule has 0 aromatic heterocycles. The number of hydrogen-bond acceptors (Lipinski definition) is 3. The Morgan fingerprint density at radius 3 is 2.65 bits per heavy atom. The Bertz CT molecular complexity index is 461. The smallest absolute Gasteiger partial charge is 0.234 e. The van der Waals surface area contributed by atoms with Gasteiger partial charge in [-0.05, 0) is 24.9 Å². The Kier molecular flexibility index (Phi) is 4.07. The van der Waals surface area contributed by atoms with E-state index in [2.05, 4.69) is 17.0 Å². The quantitative estimate of drug-likeness (QED) is 0.790. The molecule has 0 bridgehead atoms. The van der Waals surface area contributed by atoms with Crippen LogP contribution in [0.1, 0.15) is 18.4 Å². The lowest BCUT2D eigenvalue weighted by Gasteiger charge is -2.23. The van der Waals surface area contributed by atoms with Crippen molar-refractivity contribution in [2.24, 2.45) is 0 Å². The molecule has 1 aromatic rings. The summed E-state index contributed by atoms with van der Waals surface area (Å²) < 4.78 is 22.2. The highest BCUT2D eigenvalue weighted by molar-refractivity contribution is 8.13. The van der Waals surface area contributed by atoms with Crippen LogP contribution in [0.5, 0.6) is 0 Å². The summed E-state index contributed by atoms with van der Waals surface area (Å²) in [4.78, 5) is 2.20. The predicted molar refractivity (Wildman–Crippen MR) is 69.5 cm³/mol. The average molecular weight is 274 g/mol. The molecule has 3 nitrogen and oxygen atoms in total. The molecule has 1 atom stereocenters. The van der Waals surface area contributed by atoms with E-state index in [0.29, 0.717) is 0 Å². The molecule has 0 amide bonds. The van der Waals surface area contributed by atoms with Gasteiger partial charge in [0, 0.05) is 23.3 Å². The lowest BCUT2D eigenvalue weighted by molar-refractivity contribution is 0.262. The van der Waals surface area contributed by atoms with Gasteiger partial charge in [0.2, 0.25) is 9.05 Å². The van der Waals surface area contributed by atoms with Gasteiger partial charge in [0.05, 0.1) is 5.75 Å². The molecule has 1 aliphatic rings. The van der Waals surface area contributed by atoms with Crippen molar-refractivity contribution in [1.29, 1.82) is 0 Å². The summed E-state index contributed by atoms with van der Waals surface area (Å²) in [6, 6.07) is 10.2. The second kappa shape index (κ2) is 5.38. The summed E-state index contributed by atoms with van der Waals surface area (Å²) in [7, 11) is 1.92. The molecule has 0 N–H and O–H groups in total. The highest BCUT2D eigenvalue weighted by Gasteiger charge is 2.28. The van der Waals surface area contributed by atoms with Crippen molar-refractivity contribution in [3.8, 4) is 0 Å². The maximum atomic E-state index is 11.1. The van der Waals surface area contributed by atoms with Crippen molar-refractivity contribution in [3.63, 3.8) is 0 Å². The van der Waals surface area contributed by atoms with Crippen LogP contribution >= 0.6 is 10.7 Å². The van der Waals surface area contributed by atoms with Crippen molar-refractivity contribution < 1.29 is 8.42 Å². The van der Waals surface area contributed by atoms with E-state index in [4.69, 9.17) is 10.7 Å². The van der Waals surface area contributed by atoms with Crippen molar-refractivity contribution >= 4 is 19.7 Å². The number of rotatable bonds is 4. The highest BCUT2D eigenvalue weighted by Crippen LogP contribution is 2.22. The summed E-state index contributed by atoms with van der Waals surface area (Å²) in [5.74, 6) is 0.0569. The van der Waals surface area contributed by atoms with Crippen LogP contribution in [0, 0.1) is 0 Å². The zero-order valence-electron chi connectivity index (χ0n) is 9.55. The van der Waals surface area contributed by atoms with Gasteiger partial charge in [-0.15, -0.1) is 0 Å². The number of hydrogen-bond donors (Lipinski definition) is 0. The van der Waals surface area contributed by atoms with Crippen LogP contribution in [0.15, 0.2) is 30.3 Å². The zero-order valence-corrected chi connectivity index (χ0v) is 11.1. The van der Waals surface area contributed by atoms with E-state index in [9.17, 15) is 8.42 Å².